The summed E-state index contributed by atoms with van der Waals surface area (Å²) in [4.78, 5) is 6.72. The Morgan fingerprint density at radius 3 is 2.90 bits per heavy atom. The zero-order valence-corrected chi connectivity index (χ0v) is 18.0. The topological polar surface area (TPSA) is 98.5 Å². The summed E-state index contributed by atoms with van der Waals surface area (Å²) in [6.07, 6.45) is 4.84. The van der Waals surface area contributed by atoms with E-state index in [9.17, 15) is 0 Å². The highest BCUT2D eigenvalue weighted by molar-refractivity contribution is 5.64. The maximum Gasteiger partial charge on any atom is 0.252 e. The first-order chi connectivity index (χ1) is 15.2. The van der Waals surface area contributed by atoms with Gasteiger partial charge in [-0.2, -0.15) is 10.1 Å². The van der Waals surface area contributed by atoms with Crippen molar-refractivity contribution in [2.45, 2.75) is 38.5 Å². The van der Waals surface area contributed by atoms with Gasteiger partial charge < -0.3 is 18.7 Å². The molecule has 166 valence electrons. The largest absolute Gasteiger partial charge is 0.497 e. The third kappa shape index (κ3) is 5.69. The molecule has 0 spiro atoms. The van der Waals surface area contributed by atoms with Crippen molar-refractivity contribution < 1.29 is 18.7 Å². The number of benzene rings is 1. The van der Waals surface area contributed by atoms with Crippen LogP contribution >= 0.6 is 0 Å². The van der Waals surface area contributed by atoms with E-state index in [0.717, 1.165) is 49.5 Å². The van der Waals surface area contributed by atoms with E-state index >= 15 is 0 Å². The molecule has 0 aliphatic carbocycles. The van der Waals surface area contributed by atoms with Crippen LogP contribution in [0.2, 0.25) is 0 Å². The zero-order valence-electron chi connectivity index (χ0n) is 18.0. The van der Waals surface area contributed by atoms with Gasteiger partial charge in [-0.15, -0.1) is 0 Å². The van der Waals surface area contributed by atoms with Crippen LogP contribution < -0.4 is 4.74 Å². The number of hydrogen-bond acceptors (Lipinski definition) is 8. The van der Waals surface area contributed by atoms with Crippen LogP contribution in [0.5, 0.6) is 5.75 Å². The lowest BCUT2D eigenvalue weighted by molar-refractivity contribution is 0.00679. The minimum Gasteiger partial charge on any atom is -0.497 e. The number of rotatable bonds is 10. The van der Waals surface area contributed by atoms with E-state index < -0.39 is 0 Å². The molecule has 3 aromatic rings. The molecule has 0 bridgehead atoms. The number of ether oxygens (including phenoxy) is 3. The van der Waals surface area contributed by atoms with Crippen LogP contribution in [0.25, 0.3) is 11.3 Å². The summed E-state index contributed by atoms with van der Waals surface area (Å²) in [5, 5.41) is 11.4. The second kappa shape index (κ2) is 10.5. The normalized spacial score (nSPS) is 15.4. The molecule has 0 saturated carbocycles. The summed E-state index contributed by atoms with van der Waals surface area (Å²) in [5.41, 5.74) is 3.32. The van der Waals surface area contributed by atoms with Crippen molar-refractivity contribution in [1.82, 2.24) is 25.2 Å². The number of hydrogen-bond donors (Lipinski definition) is 1. The lowest BCUT2D eigenvalue weighted by atomic mass is 10.0. The van der Waals surface area contributed by atoms with Gasteiger partial charge in [-0.05, 0) is 25.0 Å². The third-order valence-corrected chi connectivity index (χ3v) is 5.46. The zero-order chi connectivity index (χ0) is 21.5. The first-order valence-electron chi connectivity index (χ1n) is 10.6. The number of H-pyrrole nitrogens is 1. The predicted molar refractivity (Wildman–Crippen MR) is 114 cm³/mol. The second-order valence-corrected chi connectivity index (χ2v) is 7.64. The van der Waals surface area contributed by atoms with Crippen LogP contribution in [0.4, 0.5) is 0 Å². The number of likely N-dealkylation sites (tertiary alicyclic amines) is 1. The number of aromatic amines is 1. The van der Waals surface area contributed by atoms with E-state index in [2.05, 4.69) is 31.3 Å². The molecule has 1 saturated heterocycles. The average Bonchev–Trinajstić information content (AvgIpc) is 3.45. The van der Waals surface area contributed by atoms with E-state index in [1.165, 1.54) is 5.56 Å². The summed E-state index contributed by atoms with van der Waals surface area (Å²) < 4.78 is 21.5. The molecule has 1 fully saturated rings. The summed E-state index contributed by atoms with van der Waals surface area (Å²) in [6.45, 7) is 3.78. The minimum atomic E-state index is 0.267. The molecule has 0 radical (unpaired) electrons. The van der Waals surface area contributed by atoms with Crippen molar-refractivity contribution in [3.63, 3.8) is 0 Å². The summed E-state index contributed by atoms with van der Waals surface area (Å²) in [6, 6.07) is 8.04. The molecule has 2 aromatic heterocycles. The molecule has 9 heteroatoms. The number of nitrogens with zero attached hydrogens (tertiary/aromatic N) is 4. The fourth-order valence-electron chi connectivity index (χ4n) is 3.83. The van der Waals surface area contributed by atoms with E-state index in [4.69, 9.17) is 18.7 Å². The van der Waals surface area contributed by atoms with Gasteiger partial charge >= 0.3 is 0 Å². The Morgan fingerprint density at radius 2 is 2.10 bits per heavy atom. The Kier molecular flexibility index (Phi) is 7.29. The van der Waals surface area contributed by atoms with Crippen molar-refractivity contribution in [1.29, 1.82) is 0 Å². The molecule has 0 atom stereocenters. The highest BCUT2D eigenvalue weighted by atomic mass is 16.5. The molecule has 4 rings (SSSR count). The van der Waals surface area contributed by atoms with Gasteiger partial charge in [0.15, 0.2) is 5.82 Å². The molecule has 1 N–H and O–H groups in total. The number of aromatic nitrogens is 4. The van der Waals surface area contributed by atoms with Crippen molar-refractivity contribution >= 4 is 0 Å². The SMILES string of the molecule is COCc1nc(CCOC2CCN(Cc3cn[nH]c3-c3cccc(OC)c3)CC2)no1. The monoisotopic (exact) mass is 427 g/mol. The van der Waals surface area contributed by atoms with Gasteiger partial charge in [0.2, 0.25) is 0 Å². The molecular formula is C22H29N5O4. The fourth-order valence-corrected chi connectivity index (χ4v) is 3.83. The summed E-state index contributed by atoms with van der Waals surface area (Å²) >= 11 is 0. The molecule has 0 amide bonds. The molecule has 1 aliphatic rings. The Morgan fingerprint density at radius 1 is 1.23 bits per heavy atom. The highest BCUT2D eigenvalue weighted by Crippen LogP contribution is 2.26. The number of nitrogens with one attached hydrogen (secondary N) is 1. The molecular weight excluding hydrogens is 398 g/mol. The van der Waals surface area contributed by atoms with E-state index in [1.54, 1.807) is 14.2 Å². The number of methoxy groups -OCH3 is 2. The molecule has 3 heterocycles. The first kappa shape index (κ1) is 21.5. The highest BCUT2D eigenvalue weighted by Gasteiger charge is 2.21. The van der Waals surface area contributed by atoms with Crippen LogP contribution in [0, 0.1) is 0 Å². The van der Waals surface area contributed by atoms with Crippen LogP contribution in [-0.2, 0) is 29.0 Å². The smallest absolute Gasteiger partial charge is 0.252 e. The van der Waals surface area contributed by atoms with Crippen molar-refractivity contribution in [3.8, 4) is 17.0 Å². The predicted octanol–water partition coefficient (Wildman–Crippen LogP) is 2.84. The Labute approximate surface area is 181 Å². The van der Waals surface area contributed by atoms with Gasteiger partial charge in [0.25, 0.3) is 5.89 Å². The Bertz CT molecular complexity index is 949. The Hall–Kier alpha value is -2.75. The van der Waals surface area contributed by atoms with E-state index in [-0.39, 0.29) is 6.10 Å². The van der Waals surface area contributed by atoms with Crippen LogP contribution in [0.15, 0.2) is 35.0 Å². The molecule has 1 aliphatic heterocycles. The van der Waals surface area contributed by atoms with E-state index in [0.29, 0.717) is 31.3 Å². The maximum atomic E-state index is 6.05. The number of piperidine rings is 1. The molecule has 31 heavy (non-hydrogen) atoms. The Balaban J connectivity index is 1.23. The lowest BCUT2D eigenvalue weighted by Crippen LogP contribution is -2.36. The third-order valence-electron chi connectivity index (χ3n) is 5.46. The second-order valence-electron chi connectivity index (χ2n) is 7.64. The fraction of sp³-hybridized carbons (Fsp3) is 0.500. The van der Waals surface area contributed by atoms with Crippen LogP contribution in [0.3, 0.4) is 0 Å². The quantitative estimate of drug-likeness (QED) is 0.527. The van der Waals surface area contributed by atoms with Gasteiger partial charge in [-0.3, -0.25) is 10.00 Å². The van der Waals surface area contributed by atoms with Crippen molar-refractivity contribution in [2.24, 2.45) is 0 Å². The summed E-state index contributed by atoms with van der Waals surface area (Å²) in [5.74, 6) is 2.00. The maximum absolute atomic E-state index is 6.05. The minimum absolute atomic E-state index is 0.267. The lowest BCUT2D eigenvalue weighted by Gasteiger charge is -2.31. The van der Waals surface area contributed by atoms with Crippen LogP contribution in [0.1, 0.15) is 30.1 Å². The molecule has 9 nitrogen and oxygen atoms in total. The van der Waals surface area contributed by atoms with Crippen molar-refractivity contribution in [2.75, 3.05) is 33.9 Å². The van der Waals surface area contributed by atoms with Gasteiger partial charge in [-0.1, -0.05) is 17.3 Å². The molecule has 1 aromatic carbocycles. The average molecular weight is 428 g/mol. The standard InChI is InChI=1S/C22H29N5O4/c1-28-15-21-24-20(26-31-21)8-11-30-18-6-9-27(10-7-18)14-17-13-23-25-22(17)16-4-3-5-19(12-16)29-2/h3-5,12-13,18H,6-11,14-15H2,1-2H3,(H,23,25). The first-order valence-corrected chi connectivity index (χ1v) is 10.6. The van der Waals surface area contributed by atoms with E-state index in [1.807, 2.05) is 24.4 Å². The van der Waals surface area contributed by atoms with Crippen LogP contribution in [-0.4, -0.2) is 65.3 Å². The molecule has 0 unspecified atom stereocenters. The van der Waals surface area contributed by atoms with Gasteiger partial charge in [0, 0.05) is 44.3 Å². The van der Waals surface area contributed by atoms with Gasteiger partial charge in [0.1, 0.15) is 12.4 Å². The van der Waals surface area contributed by atoms with Gasteiger partial charge in [-0.25, -0.2) is 0 Å². The summed E-state index contributed by atoms with van der Waals surface area (Å²) in [7, 11) is 3.28. The van der Waals surface area contributed by atoms with Gasteiger partial charge in [0.05, 0.1) is 31.7 Å². The van der Waals surface area contributed by atoms with Crippen molar-refractivity contribution in [3.05, 3.63) is 47.7 Å².